The van der Waals surface area contributed by atoms with Crippen molar-refractivity contribution < 1.29 is 9.72 Å². The van der Waals surface area contributed by atoms with E-state index in [1.165, 1.54) is 19.1 Å². The van der Waals surface area contributed by atoms with Gasteiger partial charge in [-0.25, -0.2) is 0 Å². The van der Waals surface area contributed by atoms with Gasteiger partial charge in [-0.1, -0.05) is 13.0 Å². The second-order valence-electron chi connectivity index (χ2n) is 4.53. The molecule has 0 bridgehead atoms. The number of carbonyl (C=O) groups excluding carboxylic acids is 1. The van der Waals surface area contributed by atoms with Crippen LogP contribution in [0.2, 0.25) is 0 Å². The molecule has 6 heteroatoms. The molecule has 0 radical (unpaired) electrons. The predicted octanol–water partition coefficient (Wildman–Crippen LogP) is 2.78. The SMILES string of the molecule is CCC(C)(C#N)C(=O)Nc1cc(C)ccc1[N+](=O)[O-]. The van der Waals surface area contributed by atoms with Crippen LogP contribution in [0.4, 0.5) is 11.4 Å². The maximum atomic E-state index is 12.0. The van der Waals surface area contributed by atoms with E-state index in [2.05, 4.69) is 5.32 Å². The molecule has 1 rings (SSSR count). The normalized spacial score (nSPS) is 13.2. The van der Waals surface area contributed by atoms with E-state index in [0.717, 1.165) is 5.56 Å². The van der Waals surface area contributed by atoms with Gasteiger partial charge in [-0.05, 0) is 31.9 Å². The fraction of sp³-hybridized carbons (Fsp3) is 0.385. The van der Waals surface area contributed by atoms with Crippen LogP contribution in [-0.4, -0.2) is 10.8 Å². The molecule has 100 valence electrons. The number of hydrogen-bond donors (Lipinski definition) is 1. The number of nitro groups is 1. The summed E-state index contributed by atoms with van der Waals surface area (Å²) >= 11 is 0. The van der Waals surface area contributed by atoms with Crippen molar-refractivity contribution >= 4 is 17.3 Å². The Kier molecular flexibility index (Phi) is 4.22. The fourth-order valence-corrected chi connectivity index (χ4v) is 1.46. The van der Waals surface area contributed by atoms with E-state index < -0.39 is 16.2 Å². The van der Waals surface area contributed by atoms with Gasteiger partial charge >= 0.3 is 0 Å². The minimum atomic E-state index is -1.20. The lowest BCUT2D eigenvalue weighted by molar-refractivity contribution is -0.383. The monoisotopic (exact) mass is 261 g/mol. The van der Waals surface area contributed by atoms with Crippen molar-refractivity contribution in [3.63, 3.8) is 0 Å². The number of hydrogen-bond acceptors (Lipinski definition) is 4. The van der Waals surface area contributed by atoms with Crippen LogP contribution in [0.15, 0.2) is 18.2 Å². The van der Waals surface area contributed by atoms with Crippen LogP contribution in [0.5, 0.6) is 0 Å². The Hall–Kier alpha value is -2.42. The van der Waals surface area contributed by atoms with Gasteiger partial charge in [0.25, 0.3) is 5.69 Å². The number of amides is 1. The summed E-state index contributed by atoms with van der Waals surface area (Å²) in [6, 6.07) is 6.38. The minimum absolute atomic E-state index is 0.116. The summed E-state index contributed by atoms with van der Waals surface area (Å²) in [5.74, 6) is -0.536. The molecule has 1 atom stereocenters. The van der Waals surface area contributed by atoms with Crippen LogP contribution >= 0.6 is 0 Å². The van der Waals surface area contributed by atoms with Crippen LogP contribution in [0.3, 0.4) is 0 Å². The first-order valence-corrected chi connectivity index (χ1v) is 5.82. The third-order valence-corrected chi connectivity index (χ3v) is 3.05. The molecular formula is C13H15N3O3. The second kappa shape index (κ2) is 5.48. The Balaban J connectivity index is 3.13. The highest BCUT2D eigenvalue weighted by atomic mass is 16.6. The highest BCUT2D eigenvalue weighted by Gasteiger charge is 2.32. The first-order valence-electron chi connectivity index (χ1n) is 5.82. The molecule has 0 aliphatic rings. The number of rotatable bonds is 4. The molecule has 0 aliphatic heterocycles. The van der Waals surface area contributed by atoms with Crippen LogP contribution in [-0.2, 0) is 4.79 Å². The van der Waals surface area contributed by atoms with Crippen molar-refractivity contribution in [3.05, 3.63) is 33.9 Å². The first-order chi connectivity index (χ1) is 8.84. The smallest absolute Gasteiger partial charge is 0.292 e. The summed E-state index contributed by atoms with van der Waals surface area (Å²) < 4.78 is 0. The van der Waals surface area contributed by atoms with Crippen LogP contribution in [0.25, 0.3) is 0 Å². The molecule has 1 unspecified atom stereocenters. The van der Waals surface area contributed by atoms with Crippen LogP contribution < -0.4 is 5.32 Å². The van der Waals surface area contributed by atoms with Gasteiger partial charge in [-0.15, -0.1) is 0 Å². The number of carbonyl (C=O) groups is 1. The maximum absolute atomic E-state index is 12.0. The molecule has 1 amide bonds. The van der Waals surface area contributed by atoms with E-state index in [1.54, 1.807) is 19.9 Å². The number of nitrogens with zero attached hydrogens (tertiary/aromatic N) is 2. The Morgan fingerprint density at radius 1 is 1.58 bits per heavy atom. The van der Waals surface area contributed by atoms with Gasteiger partial charge in [0, 0.05) is 6.07 Å². The lowest BCUT2D eigenvalue weighted by Gasteiger charge is -2.18. The van der Waals surface area contributed by atoms with Gasteiger partial charge in [0.05, 0.1) is 11.0 Å². The van der Waals surface area contributed by atoms with Crippen molar-refractivity contribution in [2.75, 3.05) is 5.32 Å². The van der Waals surface area contributed by atoms with Crippen molar-refractivity contribution in [1.82, 2.24) is 0 Å². The van der Waals surface area contributed by atoms with E-state index in [4.69, 9.17) is 5.26 Å². The summed E-state index contributed by atoms with van der Waals surface area (Å²) in [4.78, 5) is 22.4. The highest BCUT2D eigenvalue weighted by Crippen LogP contribution is 2.28. The molecule has 1 aromatic rings. The Bertz CT molecular complexity index is 563. The number of benzene rings is 1. The van der Waals surface area contributed by atoms with Gasteiger partial charge < -0.3 is 5.32 Å². The van der Waals surface area contributed by atoms with E-state index in [1.807, 2.05) is 6.07 Å². The zero-order chi connectivity index (χ0) is 14.6. The molecule has 1 aromatic carbocycles. The minimum Gasteiger partial charge on any atom is -0.319 e. The summed E-state index contributed by atoms with van der Waals surface area (Å²) in [6.45, 7) is 4.99. The second-order valence-corrected chi connectivity index (χ2v) is 4.53. The van der Waals surface area contributed by atoms with E-state index in [9.17, 15) is 14.9 Å². The van der Waals surface area contributed by atoms with Crippen molar-refractivity contribution in [2.45, 2.75) is 27.2 Å². The molecule has 19 heavy (non-hydrogen) atoms. The quantitative estimate of drug-likeness (QED) is 0.665. The highest BCUT2D eigenvalue weighted by molar-refractivity contribution is 5.98. The topological polar surface area (TPSA) is 96.0 Å². The molecule has 6 nitrogen and oxygen atoms in total. The third-order valence-electron chi connectivity index (χ3n) is 3.05. The molecule has 0 aliphatic carbocycles. The van der Waals surface area contributed by atoms with Crippen molar-refractivity contribution in [3.8, 4) is 6.07 Å². The van der Waals surface area contributed by atoms with Gasteiger partial charge in [0.15, 0.2) is 0 Å². The summed E-state index contributed by atoms with van der Waals surface area (Å²) in [5.41, 5.74) is -0.478. The average molecular weight is 261 g/mol. The van der Waals surface area contributed by atoms with Crippen LogP contribution in [0, 0.1) is 33.8 Å². The van der Waals surface area contributed by atoms with Gasteiger partial charge in [0.1, 0.15) is 11.1 Å². The number of anilines is 1. The molecule has 0 spiro atoms. The van der Waals surface area contributed by atoms with Gasteiger partial charge in [-0.2, -0.15) is 5.26 Å². The van der Waals surface area contributed by atoms with Crippen molar-refractivity contribution in [1.29, 1.82) is 5.26 Å². The molecule has 0 saturated carbocycles. The summed E-state index contributed by atoms with van der Waals surface area (Å²) in [7, 11) is 0. The molecule has 0 heterocycles. The molecule has 1 N–H and O–H groups in total. The molecule has 0 aromatic heterocycles. The zero-order valence-corrected chi connectivity index (χ0v) is 11.1. The zero-order valence-electron chi connectivity index (χ0n) is 11.1. The third kappa shape index (κ3) is 3.07. The van der Waals surface area contributed by atoms with Crippen LogP contribution in [0.1, 0.15) is 25.8 Å². The fourth-order valence-electron chi connectivity index (χ4n) is 1.46. The predicted molar refractivity (Wildman–Crippen MR) is 70.5 cm³/mol. The summed E-state index contributed by atoms with van der Waals surface area (Å²) in [6.07, 6.45) is 0.328. The van der Waals surface area contributed by atoms with E-state index in [-0.39, 0.29) is 11.4 Å². The first kappa shape index (κ1) is 14.6. The van der Waals surface area contributed by atoms with Crippen molar-refractivity contribution in [2.24, 2.45) is 5.41 Å². The number of aryl methyl sites for hydroxylation is 1. The Morgan fingerprint density at radius 2 is 2.21 bits per heavy atom. The van der Waals surface area contributed by atoms with Gasteiger partial charge in [-0.3, -0.25) is 14.9 Å². The molecule has 0 saturated heterocycles. The Morgan fingerprint density at radius 3 is 2.68 bits per heavy atom. The molecule has 0 fully saturated rings. The number of nitrogens with one attached hydrogen (secondary N) is 1. The lowest BCUT2D eigenvalue weighted by atomic mass is 9.88. The van der Waals surface area contributed by atoms with E-state index in [0.29, 0.717) is 6.42 Å². The lowest BCUT2D eigenvalue weighted by Crippen LogP contribution is -2.31. The van der Waals surface area contributed by atoms with E-state index >= 15 is 0 Å². The Labute approximate surface area is 111 Å². The summed E-state index contributed by atoms with van der Waals surface area (Å²) in [5, 5.41) is 22.4. The van der Waals surface area contributed by atoms with Gasteiger partial charge in [0.2, 0.25) is 5.91 Å². The number of nitriles is 1. The standard InChI is InChI=1S/C13H15N3O3/c1-4-13(3,8-14)12(17)15-10-7-9(2)5-6-11(10)16(18)19/h5-7H,4H2,1-3H3,(H,15,17). The molecular weight excluding hydrogens is 246 g/mol. The maximum Gasteiger partial charge on any atom is 0.292 e. The average Bonchev–Trinajstić information content (AvgIpc) is 2.37. The number of nitro benzene ring substituents is 1. The largest absolute Gasteiger partial charge is 0.319 e.